The van der Waals surface area contributed by atoms with E-state index in [4.69, 9.17) is 17.0 Å². The summed E-state index contributed by atoms with van der Waals surface area (Å²) in [5.41, 5.74) is 4.68. The average molecular weight is 339 g/mol. The number of aromatic nitrogens is 1. The minimum absolute atomic E-state index is 0.623. The van der Waals surface area contributed by atoms with Crippen LogP contribution in [0.5, 0.6) is 5.75 Å². The van der Waals surface area contributed by atoms with Crippen molar-refractivity contribution in [1.29, 1.82) is 0 Å². The minimum atomic E-state index is 0.623. The van der Waals surface area contributed by atoms with Gasteiger partial charge in [-0.3, -0.25) is 0 Å². The number of nitrogens with one attached hydrogen (secondary N) is 3. The van der Waals surface area contributed by atoms with Gasteiger partial charge in [0.15, 0.2) is 5.11 Å². The normalized spacial score (nSPS) is 10.6. The predicted molar refractivity (Wildman–Crippen MR) is 104 cm³/mol. The first-order chi connectivity index (χ1) is 11.7. The highest BCUT2D eigenvalue weighted by Gasteiger charge is 2.07. The highest BCUT2D eigenvalue weighted by molar-refractivity contribution is 7.80. The van der Waals surface area contributed by atoms with Crippen LogP contribution < -0.4 is 15.4 Å². The zero-order chi connectivity index (χ0) is 16.9. The molecule has 24 heavy (non-hydrogen) atoms. The number of anilines is 1. The van der Waals surface area contributed by atoms with Gasteiger partial charge in [0.2, 0.25) is 0 Å². The van der Waals surface area contributed by atoms with Crippen molar-refractivity contribution in [3.63, 3.8) is 0 Å². The molecule has 124 valence electrons. The van der Waals surface area contributed by atoms with E-state index in [0.717, 1.165) is 24.4 Å². The lowest BCUT2D eigenvalue weighted by atomic mass is 10.1. The molecule has 0 fully saturated rings. The summed E-state index contributed by atoms with van der Waals surface area (Å²) in [7, 11) is 1.65. The molecule has 3 aromatic rings. The van der Waals surface area contributed by atoms with Crippen LogP contribution in [-0.4, -0.2) is 23.8 Å². The molecule has 0 bridgehead atoms. The number of hydrogen-bond donors (Lipinski definition) is 3. The monoisotopic (exact) mass is 339 g/mol. The highest BCUT2D eigenvalue weighted by Crippen LogP contribution is 2.22. The van der Waals surface area contributed by atoms with Crippen molar-refractivity contribution in [3.05, 3.63) is 59.8 Å². The smallest absolute Gasteiger partial charge is 0.170 e. The topological polar surface area (TPSA) is 49.1 Å². The summed E-state index contributed by atoms with van der Waals surface area (Å²) < 4.78 is 5.15. The lowest BCUT2D eigenvalue weighted by Crippen LogP contribution is -2.30. The number of para-hydroxylation sites is 1. The fourth-order valence-electron chi connectivity index (χ4n) is 2.81. The number of methoxy groups -OCH3 is 1. The van der Waals surface area contributed by atoms with E-state index < -0.39 is 0 Å². The molecule has 0 saturated carbocycles. The van der Waals surface area contributed by atoms with E-state index in [0.29, 0.717) is 5.11 Å². The first-order valence-electron chi connectivity index (χ1n) is 7.92. The molecule has 2 aromatic carbocycles. The van der Waals surface area contributed by atoms with Crippen molar-refractivity contribution in [1.82, 2.24) is 10.3 Å². The third kappa shape index (κ3) is 3.68. The van der Waals surface area contributed by atoms with Crippen molar-refractivity contribution < 1.29 is 4.74 Å². The maximum Gasteiger partial charge on any atom is 0.170 e. The summed E-state index contributed by atoms with van der Waals surface area (Å²) in [6.45, 7) is 2.90. The van der Waals surface area contributed by atoms with Crippen LogP contribution in [0.15, 0.2) is 48.5 Å². The molecule has 0 aliphatic rings. The molecule has 0 aliphatic heterocycles. The molecular weight excluding hydrogens is 318 g/mol. The number of aryl methyl sites for hydroxylation is 1. The Kier molecular flexibility index (Phi) is 5.01. The molecule has 5 heteroatoms. The van der Waals surface area contributed by atoms with Crippen molar-refractivity contribution in [2.75, 3.05) is 19.0 Å². The van der Waals surface area contributed by atoms with Gasteiger partial charge in [-0.25, -0.2) is 0 Å². The quantitative estimate of drug-likeness (QED) is 0.615. The van der Waals surface area contributed by atoms with Crippen LogP contribution in [-0.2, 0) is 6.42 Å². The molecule has 0 radical (unpaired) electrons. The Hall–Kier alpha value is -2.53. The van der Waals surface area contributed by atoms with E-state index in [2.05, 4.69) is 40.7 Å². The van der Waals surface area contributed by atoms with Gasteiger partial charge in [0, 0.05) is 28.8 Å². The van der Waals surface area contributed by atoms with E-state index in [1.165, 1.54) is 22.2 Å². The summed E-state index contributed by atoms with van der Waals surface area (Å²) in [6.07, 6.45) is 0.917. The van der Waals surface area contributed by atoms with Gasteiger partial charge in [0.05, 0.1) is 7.11 Å². The lowest BCUT2D eigenvalue weighted by molar-refractivity contribution is 0.415. The van der Waals surface area contributed by atoms with Crippen molar-refractivity contribution in [3.8, 4) is 5.75 Å². The van der Waals surface area contributed by atoms with E-state index in [9.17, 15) is 0 Å². The van der Waals surface area contributed by atoms with Gasteiger partial charge in [0.1, 0.15) is 5.75 Å². The average Bonchev–Trinajstić information content (AvgIpc) is 2.91. The van der Waals surface area contributed by atoms with Crippen molar-refractivity contribution >= 4 is 33.9 Å². The summed E-state index contributed by atoms with van der Waals surface area (Å²) in [5, 5.41) is 8.35. The molecule has 4 nitrogen and oxygen atoms in total. The number of fused-ring (bicyclic) bond motifs is 1. The third-order valence-corrected chi connectivity index (χ3v) is 4.28. The molecule has 0 saturated heterocycles. The van der Waals surface area contributed by atoms with Crippen LogP contribution >= 0.6 is 12.2 Å². The Bertz CT molecular complexity index is 839. The van der Waals surface area contributed by atoms with E-state index in [1.807, 2.05) is 30.3 Å². The van der Waals surface area contributed by atoms with Crippen LogP contribution in [0.25, 0.3) is 10.9 Å². The standard InChI is InChI=1S/C19H21N3OS/c1-13-16(17-5-3-4-6-18(17)21-13)11-12-20-19(24)22-14-7-9-15(23-2)10-8-14/h3-10,21H,11-12H2,1-2H3,(H2,20,22,24). The molecule has 0 atom stereocenters. The fraction of sp³-hybridized carbons (Fsp3) is 0.211. The van der Waals surface area contributed by atoms with Gasteiger partial charge in [-0.1, -0.05) is 18.2 Å². The number of H-pyrrole nitrogens is 1. The molecule has 3 N–H and O–H groups in total. The molecular formula is C19H21N3OS. The number of ether oxygens (including phenoxy) is 1. The Morgan fingerprint density at radius 2 is 1.88 bits per heavy atom. The molecule has 3 rings (SSSR count). The number of hydrogen-bond acceptors (Lipinski definition) is 2. The predicted octanol–water partition coefficient (Wildman–Crippen LogP) is 4.01. The number of rotatable bonds is 5. The number of thiocarbonyl (C=S) groups is 1. The zero-order valence-electron chi connectivity index (χ0n) is 13.8. The van der Waals surface area contributed by atoms with Crippen LogP contribution in [0, 0.1) is 6.92 Å². The summed E-state index contributed by atoms with van der Waals surface area (Å²) in [4.78, 5) is 3.43. The van der Waals surface area contributed by atoms with Gasteiger partial charge in [0.25, 0.3) is 0 Å². The largest absolute Gasteiger partial charge is 0.497 e. The second-order valence-electron chi connectivity index (χ2n) is 5.63. The van der Waals surface area contributed by atoms with E-state index in [1.54, 1.807) is 7.11 Å². The highest BCUT2D eigenvalue weighted by atomic mass is 32.1. The maximum absolute atomic E-state index is 5.36. The van der Waals surface area contributed by atoms with Gasteiger partial charge >= 0.3 is 0 Å². The molecule has 0 unspecified atom stereocenters. The van der Waals surface area contributed by atoms with Crippen LogP contribution in [0.3, 0.4) is 0 Å². The van der Waals surface area contributed by atoms with Gasteiger partial charge < -0.3 is 20.4 Å². The Balaban J connectivity index is 1.55. The van der Waals surface area contributed by atoms with Crippen molar-refractivity contribution in [2.45, 2.75) is 13.3 Å². The van der Waals surface area contributed by atoms with Gasteiger partial charge in [-0.2, -0.15) is 0 Å². The summed E-state index contributed by atoms with van der Waals surface area (Å²) in [5.74, 6) is 0.828. The van der Waals surface area contributed by atoms with Gasteiger partial charge in [-0.15, -0.1) is 0 Å². The Morgan fingerprint density at radius 3 is 2.62 bits per heavy atom. The first-order valence-corrected chi connectivity index (χ1v) is 8.33. The second kappa shape index (κ2) is 7.36. The lowest BCUT2D eigenvalue weighted by Gasteiger charge is -2.11. The van der Waals surface area contributed by atoms with Crippen LogP contribution in [0.4, 0.5) is 5.69 Å². The third-order valence-electron chi connectivity index (χ3n) is 4.04. The van der Waals surface area contributed by atoms with E-state index in [-0.39, 0.29) is 0 Å². The molecule has 1 aromatic heterocycles. The minimum Gasteiger partial charge on any atom is -0.497 e. The zero-order valence-corrected chi connectivity index (χ0v) is 14.7. The van der Waals surface area contributed by atoms with E-state index >= 15 is 0 Å². The molecule has 1 heterocycles. The summed E-state index contributed by atoms with van der Waals surface area (Å²) in [6, 6.07) is 16.1. The van der Waals surface area contributed by atoms with Crippen molar-refractivity contribution in [2.24, 2.45) is 0 Å². The fourth-order valence-corrected chi connectivity index (χ4v) is 3.03. The van der Waals surface area contributed by atoms with Gasteiger partial charge in [-0.05, 0) is 61.5 Å². The summed E-state index contributed by atoms with van der Waals surface area (Å²) >= 11 is 5.36. The van der Waals surface area contributed by atoms with Crippen LogP contribution in [0.2, 0.25) is 0 Å². The molecule has 0 amide bonds. The number of aromatic amines is 1. The second-order valence-corrected chi connectivity index (χ2v) is 6.04. The molecule has 0 spiro atoms. The molecule has 0 aliphatic carbocycles. The Morgan fingerprint density at radius 1 is 1.12 bits per heavy atom. The number of benzene rings is 2. The first kappa shape index (κ1) is 16.3. The maximum atomic E-state index is 5.36. The SMILES string of the molecule is COc1ccc(NC(=S)NCCc2c(C)[nH]c3ccccc23)cc1. The Labute approximate surface area is 147 Å². The van der Waals surface area contributed by atoms with Crippen LogP contribution in [0.1, 0.15) is 11.3 Å².